The summed E-state index contributed by atoms with van der Waals surface area (Å²) in [5, 5.41) is 10.7. The number of hydrogen-bond acceptors (Lipinski definition) is 4. The highest BCUT2D eigenvalue weighted by Crippen LogP contribution is 2.39. The minimum absolute atomic E-state index is 0.217. The molecule has 0 saturated heterocycles. The SMILES string of the molecule is CCn1ccnc1-c1ccc2c(c1)N=C(c1c(F)cccc1Cl)Nc1c[nH]nc1-2. The summed E-state index contributed by atoms with van der Waals surface area (Å²) in [4.78, 5) is 9.20. The van der Waals surface area contributed by atoms with Crippen molar-refractivity contribution in [2.24, 2.45) is 4.99 Å². The van der Waals surface area contributed by atoms with E-state index in [9.17, 15) is 4.39 Å². The summed E-state index contributed by atoms with van der Waals surface area (Å²) in [5.41, 5.74) is 4.02. The molecule has 2 aromatic heterocycles. The van der Waals surface area contributed by atoms with Crippen LogP contribution in [-0.4, -0.2) is 25.6 Å². The van der Waals surface area contributed by atoms with Crippen molar-refractivity contribution in [1.82, 2.24) is 19.7 Å². The van der Waals surface area contributed by atoms with Gasteiger partial charge in [0.05, 0.1) is 22.0 Å². The number of nitrogens with zero attached hydrogens (tertiary/aromatic N) is 4. The Kier molecular flexibility index (Phi) is 4.17. The van der Waals surface area contributed by atoms with E-state index in [0.29, 0.717) is 22.9 Å². The van der Waals surface area contributed by atoms with E-state index in [0.717, 1.165) is 23.5 Å². The van der Waals surface area contributed by atoms with Crippen LogP contribution in [-0.2, 0) is 6.54 Å². The summed E-state index contributed by atoms with van der Waals surface area (Å²) in [5.74, 6) is 0.718. The van der Waals surface area contributed by atoms with Crippen LogP contribution in [0.25, 0.3) is 22.6 Å². The monoisotopic (exact) mass is 406 g/mol. The third-order valence-corrected chi connectivity index (χ3v) is 5.21. The lowest BCUT2D eigenvalue weighted by Gasteiger charge is -2.10. The van der Waals surface area contributed by atoms with Crippen LogP contribution in [0.15, 0.2) is 60.0 Å². The first-order chi connectivity index (χ1) is 14.2. The van der Waals surface area contributed by atoms with Gasteiger partial charge in [0.1, 0.15) is 23.2 Å². The number of imidazole rings is 1. The van der Waals surface area contributed by atoms with Crippen LogP contribution >= 0.6 is 11.6 Å². The third kappa shape index (κ3) is 2.91. The van der Waals surface area contributed by atoms with Crippen LogP contribution in [0.3, 0.4) is 0 Å². The summed E-state index contributed by atoms with van der Waals surface area (Å²) >= 11 is 6.30. The molecule has 5 rings (SSSR count). The maximum absolute atomic E-state index is 14.6. The van der Waals surface area contributed by atoms with E-state index in [1.165, 1.54) is 6.07 Å². The zero-order valence-corrected chi connectivity index (χ0v) is 16.2. The number of aliphatic imine (C=N–C) groups is 1. The smallest absolute Gasteiger partial charge is 0.142 e. The van der Waals surface area contributed by atoms with Crippen molar-refractivity contribution >= 4 is 28.8 Å². The molecule has 2 aromatic carbocycles. The average molecular weight is 407 g/mol. The van der Waals surface area contributed by atoms with Gasteiger partial charge in [-0.25, -0.2) is 14.4 Å². The molecule has 1 aliphatic rings. The first-order valence-corrected chi connectivity index (χ1v) is 9.53. The Balaban J connectivity index is 1.74. The van der Waals surface area contributed by atoms with E-state index in [1.807, 2.05) is 24.4 Å². The molecule has 1 aliphatic heterocycles. The zero-order chi connectivity index (χ0) is 20.0. The lowest BCUT2D eigenvalue weighted by molar-refractivity contribution is 0.625. The summed E-state index contributed by atoms with van der Waals surface area (Å²) < 4.78 is 16.7. The molecule has 0 radical (unpaired) electrons. The number of aromatic nitrogens is 4. The van der Waals surface area contributed by atoms with Crippen LogP contribution in [0.4, 0.5) is 15.8 Å². The molecule has 2 N–H and O–H groups in total. The Morgan fingerprint density at radius 2 is 2.10 bits per heavy atom. The van der Waals surface area contributed by atoms with Gasteiger partial charge in [0, 0.05) is 36.3 Å². The van der Waals surface area contributed by atoms with E-state index in [2.05, 4.69) is 32.0 Å². The highest BCUT2D eigenvalue weighted by molar-refractivity contribution is 6.35. The highest BCUT2D eigenvalue weighted by Gasteiger charge is 2.23. The van der Waals surface area contributed by atoms with Gasteiger partial charge >= 0.3 is 0 Å². The second-order valence-electron chi connectivity index (χ2n) is 6.60. The number of benzene rings is 2. The number of fused-ring (bicyclic) bond motifs is 3. The van der Waals surface area contributed by atoms with Crippen molar-refractivity contribution < 1.29 is 4.39 Å². The van der Waals surface area contributed by atoms with Crippen LogP contribution in [0.5, 0.6) is 0 Å². The van der Waals surface area contributed by atoms with Crippen molar-refractivity contribution in [2.45, 2.75) is 13.5 Å². The number of nitrogens with one attached hydrogen (secondary N) is 2. The molecule has 29 heavy (non-hydrogen) atoms. The summed E-state index contributed by atoms with van der Waals surface area (Å²) in [6, 6.07) is 10.4. The normalized spacial score (nSPS) is 12.6. The molecule has 0 aliphatic carbocycles. The maximum atomic E-state index is 14.6. The van der Waals surface area contributed by atoms with E-state index >= 15 is 0 Å². The summed E-state index contributed by atoms with van der Waals surface area (Å²) in [7, 11) is 0. The fourth-order valence-electron chi connectivity index (χ4n) is 3.50. The Labute approximate surface area is 171 Å². The fourth-order valence-corrected chi connectivity index (χ4v) is 3.75. The average Bonchev–Trinajstić information content (AvgIpc) is 3.34. The third-order valence-electron chi connectivity index (χ3n) is 4.89. The maximum Gasteiger partial charge on any atom is 0.142 e. The molecule has 144 valence electrons. The Morgan fingerprint density at radius 3 is 2.93 bits per heavy atom. The largest absolute Gasteiger partial charge is 0.336 e. The molecule has 0 atom stereocenters. The molecule has 0 amide bonds. The predicted octanol–water partition coefficient (Wildman–Crippen LogP) is 5.26. The lowest BCUT2D eigenvalue weighted by Crippen LogP contribution is -2.15. The van der Waals surface area contributed by atoms with Gasteiger partial charge in [0.2, 0.25) is 0 Å². The van der Waals surface area contributed by atoms with Crippen LogP contribution < -0.4 is 5.32 Å². The van der Waals surface area contributed by atoms with E-state index in [-0.39, 0.29) is 10.6 Å². The van der Waals surface area contributed by atoms with Crippen molar-refractivity contribution in [1.29, 1.82) is 0 Å². The molecule has 6 nitrogen and oxygen atoms in total. The van der Waals surface area contributed by atoms with E-state index in [1.54, 1.807) is 24.5 Å². The van der Waals surface area contributed by atoms with Crippen molar-refractivity contribution in [2.75, 3.05) is 5.32 Å². The van der Waals surface area contributed by atoms with Gasteiger partial charge in [-0.1, -0.05) is 23.7 Å². The van der Waals surface area contributed by atoms with Gasteiger partial charge in [0.15, 0.2) is 0 Å². The van der Waals surface area contributed by atoms with Gasteiger partial charge in [-0.15, -0.1) is 0 Å². The summed E-state index contributed by atoms with van der Waals surface area (Å²) in [6.07, 6.45) is 5.42. The van der Waals surface area contributed by atoms with E-state index in [4.69, 9.17) is 16.6 Å². The molecular formula is C21H16ClFN6. The molecule has 0 unspecified atom stereocenters. The van der Waals surface area contributed by atoms with Gasteiger partial charge < -0.3 is 9.88 Å². The van der Waals surface area contributed by atoms with Gasteiger partial charge in [-0.3, -0.25) is 5.10 Å². The molecule has 0 saturated carbocycles. The van der Waals surface area contributed by atoms with Crippen LogP contribution in [0.1, 0.15) is 12.5 Å². The Bertz CT molecular complexity index is 1240. The quantitative estimate of drug-likeness (QED) is 0.487. The number of hydrogen-bond donors (Lipinski definition) is 2. The Hall–Kier alpha value is -3.45. The number of anilines is 1. The molecule has 0 spiro atoms. The molecule has 4 aromatic rings. The molecular weight excluding hydrogens is 391 g/mol. The number of halogens is 2. The van der Waals surface area contributed by atoms with E-state index < -0.39 is 5.82 Å². The predicted molar refractivity (Wildman–Crippen MR) is 112 cm³/mol. The number of amidine groups is 1. The second-order valence-corrected chi connectivity index (χ2v) is 7.01. The number of aromatic amines is 1. The van der Waals surface area contributed by atoms with Gasteiger partial charge in [-0.2, -0.15) is 5.10 Å². The van der Waals surface area contributed by atoms with Gasteiger partial charge in [0.25, 0.3) is 0 Å². The zero-order valence-electron chi connectivity index (χ0n) is 15.4. The minimum atomic E-state index is -0.449. The van der Waals surface area contributed by atoms with Crippen molar-refractivity contribution in [3.8, 4) is 22.6 Å². The number of H-pyrrole nitrogens is 1. The summed E-state index contributed by atoms with van der Waals surface area (Å²) in [6.45, 7) is 2.86. The first kappa shape index (κ1) is 17.6. The standard InChI is InChI=1S/C21H16ClFN6/c1-2-29-9-8-24-21(29)12-6-7-13-16(10-12)26-20(27-17-11-25-28-19(13)17)18-14(22)4-3-5-15(18)23/h3-11H,2H2,1H3,(H,25,28)(H,26,27). The van der Waals surface area contributed by atoms with Crippen LogP contribution in [0, 0.1) is 5.82 Å². The second kappa shape index (κ2) is 6.86. The van der Waals surface area contributed by atoms with Crippen molar-refractivity contribution in [3.63, 3.8) is 0 Å². The Morgan fingerprint density at radius 1 is 1.21 bits per heavy atom. The fraction of sp³-hybridized carbons (Fsp3) is 0.0952. The molecule has 3 heterocycles. The molecule has 8 heteroatoms. The van der Waals surface area contributed by atoms with Gasteiger partial charge in [-0.05, 0) is 31.2 Å². The topological polar surface area (TPSA) is 70.9 Å². The highest BCUT2D eigenvalue weighted by atomic mass is 35.5. The minimum Gasteiger partial charge on any atom is -0.336 e. The number of aryl methyl sites for hydroxylation is 1. The molecule has 0 fully saturated rings. The number of rotatable bonds is 3. The van der Waals surface area contributed by atoms with Crippen LogP contribution in [0.2, 0.25) is 5.02 Å². The first-order valence-electron chi connectivity index (χ1n) is 9.15. The lowest BCUT2D eigenvalue weighted by atomic mass is 10.1. The molecule has 0 bridgehead atoms. The van der Waals surface area contributed by atoms with Crippen molar-refractivity contribution in [3.05, 3.63) is 71.4 Å².